The summed E-state index contributed by atoms with van der Waals surface area (Å²) in [5, 5.41) is 11.7. The van der Waals surface area contributed by atoms with Gasteiger partial charge in [0.25, 0.3) is 0 Å². The number of thiazole rings is 1. The summed E-state index contributed by atoms with van der Waals surface area (Å²) in [5.74, 6) is -0.287. The zero-order valence-corrected chi connectivity index (χ0v) is 12.0. The van der Waals surface area contributed by atoms with E-state index in [0.717, 1.165) is 14.9 Å². The minimum atomic E-state index is -0.691. The Bertz CT molecular complexity index is 566. The van der Waals surface area contributed by atoms with Crippen LogP contribution < -0.4 is 0 Å². The van der Waals surface area contributed by atoms with Crippen molar-refractivity contribution in [3.8, 4) is 0 Å². The molecule has 0 saturated carbocycles. The van der Waals surface area contributed by atoms with Crippen molar-refractivity contribution >= 4 is 23.1 Å². The van der Waals surface area contributed by atoms with Crippen LogP contribution in [0.5, 0.6) is 0 Å². The van der Waals surface area contributed by atoms with Crippen LogP contribution in [0.3, 0.4) is 0 Å². The summed E-state index contributed by atoms with van der Waals surface area (Å²) in [4.78, 5) is 5.22. The lowest BCUT2D eigenvalue weighted by Crippen LogP contribution is -1.97. The predicted octanol–water partition coefficient (Wildman–Crippen LogP) is 4.10. The molecule has 0 amide bonds. The highest BCUT2D eigenvalue weighted by Crippen LogP contribution is 2.36. The zero-order chi connectivity index (χ0) is 13.3. The minimum Gasteiger partial charge on any atom is -0.389 e. The highest BCUT2D eigenvalue weighted by Gasteiger charge is 2.14. The number of aromatic nitrogens is 1. The Labute approximate surface area is 114 Å². The summed E-state index contributed by atoms with van der Waals surface area (Å²) in [6.07, 6.45) is -0.691. The van der Waals surface area contributed by atoms with Gasteiger partial charge >= 0.3 is 0 Å². The van der Waals surface area contributed by atoms with Crippen molar-refractivity contribution < 1.29 is 9.50 Å². The molecule has 1 unspecified atom stereocenters. The van der Waals surface area contributed by atoms with Gasteiger partial charge in [0.05, 0.1) is 6.10 Å². The second-order valence-electron chi connectivity index (χ2n) is 4.17. The first-order valence-corrected chi connectivity index (χ1v) is 7.25. The van der Waals surface area contributed by atoms with Crippen molar-refractivity contribution in [2.45, 2.75) is 36.1 Å². The molecule has 0 bridgehead atoms. The van der Waals surface area contributed by atoms with E-state index in [1.54, 1.807) is 31.3 Å². The Morgan fingerprint density at radius 2 is 2.11 bits per heavy atom. The van der Waals surface area contributed by atoms with E-state index in [2.05, 4.69) is 4.98 Å². The molecule has 1 aromatic carbocycles. The van der Waals surface area contributed by atoms with Crippen LogP contribution in [0.15, 0.2) is 26.7 Å². The molecule has 0 aliphatic rings. The molecule has 1 aromatic heterocycles. The van der Waals surface area contributed by atoms with E-state index >= 15 is 0 Å². The summed E-state index contributed by atoms with van der Waals surface area (Å²) in [6, 6.07) is 3.17. The van der Waals surface area contributed by atoms with Crippen molar-refractivity contribution in [1.29, 1.82) is 0 Å². The maximum atomic E-state index is 13.5. The highest BCUT2D eigenvalue weighted by atomic mass is 32.2. The van der Waals surface area contributed by atoms with E-state index in [1.807, 2.05) is 12.3 Å². The molecule has 0 spiro atoms. The largest absolute Gasteiger partial charge is 0.389 e. The molecule has 1 atom stereocenters. The molecule has 2 nitrogen and oxygen atoms in total. The van der Waals surface area contributed by atoms with Gasteiger partial charge in [-0.3, -0.25) is 0 Å². The van der Waals surface area contributed by atoms with Crippen molar-refractivity contribution in [2.75, 3.05) is 0 Å². The average Bonchev–Trinajstić information content (AvgIpc) is 2.68. The molecule has 96 valence electrons. The molecule has 2 aromatic rings. The monoisotopic (exact) mass is 283 g/mol. The van der Waals surface area contributed by atoms with E-state index < -0.39 is 6.10 Å². The molecule has 0 radical (unpaired) electrons. The number of hydrogen-bond acceptors (Lipinski definition) is 4. The lowest BCUT2D eigenvalue weighted by molar-refractivity contribution is 0.196. The summed E-state index contributed by atoms with van der Waals surface area (Å²) in [6.45, 7) is 5.30. The van der Waals surface area contributed by atoms with Gasteiger partial charge in [0, 0.05) is 16.0 Å². The fraction of sp³-hybridized carbons (Fsp3) is 0.308. The molecule has 0 aliphatic carbocycles. The lowest BCUT2D eigenvalue weighted by Gasteiger charge is -2.12. The molecule has 0 aliphatic heterocycles. The zero-order valence-electron chi connectivity index (χ0n) is 10.4. The van der Waals surface area contributed by atoms with Gasteiger partial charge < -0.3 is 5.11 Å². The Balaban J connectivity index is 2.39. The third kappa shape index (κ3) is 2.91. The van der Waals surface area contributed by atoms with Crippen LogP contribution >= 0.6 is 23.1 Å². The van der Waals surface area contributed by atoms with Crippen molar-refractivity contribution in [2.24, 2.45) is 0 Å². The third-order valence-electron chi connectivity index (χ3n) is 2.54. The smallest absolute Gasteiger partial charge is 0.154 e. The van der Waals surface area contributed by atoms with Crippen LogP contribution in [-0.4, -0.2) is 10.1 Å². The number of aryl methyl sites for hydroxylation is 2. The lowest BCUT2D eigenvalue weighted by atomic mass is 10.1. The van der Waals surface area contributed by atoms with E-state index in [-0.39, 0.29) is 5.82 Å². The number of rotatable bonds is 3. The maximum absolute atomic E-state index is 13.5. The number of nitrogens with zero attached hydrogens (tertiary/aromatic N) is 1. The second kappa shape index (κ2) is 5.38. The predicted molar refractivity (Wildman–Crippen MR) is 72.7 cm³/mol. The first-order chi connectivity index (χ1) is 8.47. The number of benzene rings is 1. The summed E-state index contributed by atoms with van der Waals surface area (Å²) >= 11 is 3.02. The van der Waals surface area contributed by atoms with Crippen molar-refractivity contribution in [3.05, 3.63) is 40.2 Å². The number of aliphatic hydroxyl groups excluding tert-OH is 1. The van der Waals surface area contributed by atoms with Gasteiger partial charge in [-0.05, 0) is 44.0 Å². The van der Waals surface area contributed by atoms with Crippen LogP contribution in [0.4, 0.5) is 4.39 Å². The van der Waals surface area contributed by atoms with Gasteiger partial charge in [-0.1, -0.05) is 11.8 Å². The van der Waals surface area contributed by atoms with Crippen LogP contribution in [-0.2, 0) is 0 Å². The molecule has 2 rings (SSSR count). The van der Waals surface area contributed by atoms with Crippen LogP contribution in [0.25, 0.3) is 0 Å². The summed E-state index contributed by atoms with van der Waals surface area (Å²) in [7, 11) is 0. The van der Waals surface area contributed by atoms with E-state index in [0.29, 0.717) is 11.1 Å². The molecule has 5 heteroatoms. The van der Waals surface area contributed by atoms with E-state index in [4.69, 9.17) is 0 Å². The summed E-state index contributed by atoms with van der Waals surface area (Å²) < 4.78 is 14.4. The van der Waals surface area contributed by atoms with Crippen molar-refractivity contribution in [3.63, 3.8) is 0 Å². The first-order valence-electron chi connectivity index (χ1n) is 5.55. The number of halogens is 1. The average molecular weight is 283 g/mol. The molecule has 0 fully saturated rings. The topological polar surface area (TPSA) is 33.1 Å². The fourth-order valence-electron chi connectivity index (χ4n) is 1.56. The Hall–Kier alpha value is -0.910. The standard InChI is InChI=1S/C13H14FNOS2/c1-7-4-12(10(9(3)16)5-11(7)14)18-13-15-8(2)6-17-13/h4-6,9,16H,1-3H3. The molecular formula is C13H14FNOS2. The van der Waals surface area contributed by atoms with E-state index in [9.17, 15) is 9.50 Å². The van der Waals surface area contributed by atoms with Crippen LogP contribution in [0.1, 0.15) is 29.8 Å². The van der Waals surface area contributed by atoms with Gasteiger partial charge in [-0.2, -0.15) is 0 Å². The fourth-order valence-corrected chi connectivity index (χ4v) is 3.65. The number of aliphatic hydroxyl groups is 1. The number of hydrogen-bond donors (Lipinski definition) is 1. The van der Waals surface area contributed by atoms with Gasteiger partial charge in [-0.25, -0.2) is 9.37 Å². The van der Waals surface area contributed by atoms with E-state index in [1.165, 1.54) is 17.8 Å². The van der Waals surface area contributed by atoms with Crippen molar-refractivity contribution in [1.82, 2.24) is 4.98 Å². The Kier molecular flexibility index (Phi) is 4.04. The Morgan fingerprint density at radius 3 is 2.67 bits per heavy atom. The second-order valence-corrected chi connectivity index (χ2v) is 6.32. The first kappa shape index (κ1) is 13.5. The van der Waals surface area contributed by atoms with Gasteiger partial charge in [-0.15, -0.1) is 11.3 Å². The maximum Gasteiger partial charge on any atom is 0.154 e. The molecule has 1 heterocycles. The Morgan fingerprint density at radius 1 is 1.39 bits per heavy atom. The normalized spacial score (nSPS) is 12.7. The molecule has 18 heavy (non-hydrogen) atoms. The van der Waals surface area contributed by atoms with Gasteiger partial charge in [0.1, 0.15) is 5.82 Å². The quantitative estimate of drug-likeness (QED) is 0.920. The van der Waals surface area contributed by atoms with Gasteiger partial charge in [0.2, 0.25) is 0 Å². The highest BCUT2D eigenvalue weighted by molar-refractivity contribution is 8.01. The molecular weight excluding hydrogens is 269 g/mol. The van der Waals surface area contributed by atoms with Crippen LogP contribution in [0, 0.1) is 19.7 Å². The molecule has 1 N–H and O–H groups in total. The minimum absolute atomic E-state index is 0.287. The molecule has 0 saturated heterocycles. The SMILES string of the molecule is Cc1csc(Sc2cc(C)c(F)cc2C(C)O)n1. The third-order valence-corrected chi connectivity index (χ3v) is 4.67. The summed E-state index contributed by atoms with van der Waals surface area (Å²) in [5.41, 5.74) is 2.16. The van der Waals surface area contributed by atoms with Crippen LogP contribution in [0.2, 0.25) is 0 Å². The van der Waals surface area contributed by atoms with Gasteiger partial charge in [0.15, 0.2) is 4.34 Å².